The molecule has 118 valence electrons. The first-order chi connectivity index (χ1) is 9.70. The van der Waals surface area contributed by atoms with Gasteiger partial charge in [0.25, 0.3) is 15.0 Å². The molecule has 0 unspecified atom stereocenters. The molecule has 1 N–H and O–H groups in total. The minimum absolute atomic E-state index is 0.135. The Morgan fingerprint density at radius 2 is 1.86 bits per heavy atom. The summed E-state index contributed by atoms with van der Waals surface area (Å²) >= 11 is 5.98. The number of halogens is 2. The maximum atomic E-state index is 12.1. The van der Waals surface area contributed by atoms with Gasteiger partial charge < -0.3 is 5.32 Å². The van der Waals surface area contributed by atoms with Crippen molar-refractivity contribution in [1.29, 1.82) is 0 Å². The summed E-state index contributed by atoms with van der Waals surface area (Å²) in [5.41, 5.74) is 0.527. The van der Waals surface area contributed by atoms with Crippen LogP contribution in [-0.4, -0.2) is 20.9 Å². The van der Waals surface area contributed by atoms with Crippen molar-refractivity contribution in [2.45, 2.75) is 38.5 Å². The molecule has 0 radical (unpaired) electrons. The van der Waals surface area contributed by atoms with E-state index in [2.05, 4.69) is 19.2 Å². The van der Waals surface area contributed by atoms with Crippen LogP contribution in [0, 0.1) is 12.8 Å². The predicted octanol–water partition coefficient (Wildman–Crippen LogP) is 3.74. The van der Waals surface area contributed by atoms with Crippen LogP contribution in [0.3, 0.4) is 0 Å². The molecule has 0 saturated heterocycles. The zero-order valence-corrected chi connectivity index (χ0v) is 14.6. The largest absolute Gasteiger partial charge is 0.352 e. The topological polar surface area (TPSA) is 63.2 Å². The fourth-order valence-corrected chi connectivity index (χ4v) is 3.45. The fourth-order valence-electron chi connectivity index (χ4n) is 1.95. The normalized spacial score (nSPS) is 11.7. The van der Waals surface area contributed by atoms with Crippen LogP contribution in [0.2, 0.25) is 5.02 Å². The van der Waals surface area contributed by atoms with E-state index < -0.39 is 9.05 Å². The van der Waals surface area contributed by atoms with E-state index in [9.17, 15) is 13.2 Å². The molecule has 0 aromatic heterocycles. The molecule has 0 aliphatic carbocycles. The molecule has 21 heavy (non-hydrogen) atoms. The SMILES string of the molecule is CCC(CC)CNC(=O)c1cc(Cl)c(C)c(S(=O)(=O)Cl)c1. The summed E-state index contributed by atoms with van der Waals surface area (Å²) in [4.78, 5) is 12.0. The molecule has 0 fully saturated rings. The van der Waals surface area contributed by atoms with Gasteiger partial charge in [0, 0.05) is 27.8 Å². The van der Waals surface area contributed by atoms with Gasteiger partial charge in [-0.1, -0.05) is 38.3 Å². The number of carbonyl (C=O) groups excluding carboxylic acids is 1. The minimum atomic E-state index is -3.94. The molecule has 0 spiro atoms. The zero-order chi connectivity index (χ0) is 16.2. The Bertz CT molecular complexity index is 625. The number of amides is 1. The lowest BCUT2D eigenvalue weighted by molar-refractivity contribution is 0.0946. The number of benzene rings is 1. The second-order valence-electron chi connectivity index (χ2n) is 4.91. The molecule has 1 aromatic carbocycles. The van der Waals surface area contributed by atoms with E-state index in [4.69, 9.17) is 22.3 Å². The molecule has 4 nitrogen and oxygen atoms in total. The Labute approximate surface area is 135 Å². The predicted molar refractivity (Wildman–Crippen MR) is 85.6 cm³/mol. The van der Waals surface area contributed by atoms with Gasteiger partial charge in [-0.2, -0.15) is 0 Å². The van der Waals surface area contributed by atoms with Gasteiger partial charge in [0.2, 0.25) is 0 Å². The van der Waals surface area contributed by atoms with Crippen molar-refractivity contribution >= 4 is 37.2 Å². The molecule has 0 saturated carbocycles. The summed E-state index contributed by atoms with van der Waals surface area (Å²) in [6.45, 7) is 6.20. The van der Waals surface area contributed by atoms with Crippen molar-refractivity contribution < 1.29 is 13.2 Å². The van der Waals surface area contributed by atoms with Crippen LogP contribution >= 0.6 is 22.3 Å². The van der Waals surface area contributed by atoms with E-state index in [-0.39, 0.29) is 21.4 Å². The Morgan fingerprint density at radius 1 is 1.29 bits per heavy atom. The molecular weight excluding hydrogens is 333 g/mol. The first kappa shape index (κ1) is 18.3. The van der Waals surface area contributed by atoms with E-state index in [1.165, 1.54) is 12.1 Å². The Hall–Kier alpha value is -0.780. The van der Waals surface area contributed by atoms with Gasteiger partial charge in [0.05, 0.1) is 4.90 Å². The van der Waals surface area contributed by atoms with Crippen molar-refractivity contribution in [2.75, 3.05) is 6.54 Å². The monoisotopic (exact) mass is 351 g/mol. The first-order valence-corrected chi connectivity index (χ1v) is 9.42. The summed E-state index contributed by atoms with van der Waals surface area (Å²) < 4.78 is 23.0. The third-order valence-corrected chi connectivity index (χ3v) is 5.37. The quantitative estimate of drug-likeness (QED) is 0.794. The highest BCUT2D eigenvalue weighted by atomic mass is 35.7. The summed E-state index contributed by atoms with van der Waals surface area (Å²) in [5, 5.41) is 2.99. The van der Waals surface area contributed by atoms with Crippen molar-refractivity contribution in [3.05, 3.63) is 28.3 Å². The highest BCUT2D eigenvalue weighted by molar-refractivity contribution is 8.13. The molecule has 1 aromatic rings. The lowest BCUT2D eigenvalue weighted by atomic mass is 10.0. The smallest absolute Gasteiger partial charge is 0.261 e. The number of hydrogen-bond donors (Lipinski definition) is 1. The fraction of sp³-hybridized carbons (Fsp3) is 0.500. The van der Waals surface area contributed by atoms with Crippen LogP contribution in [0.1, 0.15) is 42.6 Å². The summed E-state index contributed by atoms with van der Waals surface area (Å²) in [5.74, 6) is 0.0384. The summed E-state index contributed by atoms with van der Waals surface area (Å²) in [6.07, 6.45) is 1.93. The van der Waals surface area contributed by atoms with E-state index >= 15 is 0 Å². The average Bonchev–Trinajstić information content (AvgIpc) is 2.41. The van der Waals surface area contributed by atoms with E-state index in [0.717, 1.165) is 12.8 Å². The van der Waals surface area contributed by atoms with E-state index in [1.807, 2.05) is 0 Å². The van der Waals surface area contributed by atoms with Crippen molar-refractivity contribution in [2.24, 2.45) is 5.92 Å². The third-order valence-electron chi connectivity index (χ3n) is 3.53. The van der Waals surface area contributed by atoms with Crippen LogP contribution in [0.15, 0.2) is 17.0 Å². The van der Waals surface area contributed by atoms with Gasteiger partial charge in [-0.25, -0.2) is 8.42 Å². The van der Waals surface area contributed by atoms with Gasteiger partial charge >= 0.3 is 0 Å². The van der Waals surface area contributed by atoms with Gasteiger partial charge in [0.15, 0.2) is 0 Å². The average molecular weight is 352 g/mol. The van der Waals surface area contributed by atoms with Crippen molar-refractivity contribution in [3.8, 4) is 0 Å². The van der Waals surface area contributed by atoms with Gasteiger partial charge in [-0.3, -0.25) is 4.79 Å². The highest BCUT2D eigenvalue weighted by Crippen LogP contribution is 2.27. The number of nitrogens with one attached hydrogen (secondary N) is 1. The zero-order valence-electron chi connectivity index (χ0n) is 12.2. The molecule has 7 heteroatoms. The van der Waals surface area contributed by atoms with Crippen LogP contribution in [-0.2, 0) is 9.05 Å². The molecule has 0 aliphatic heterocycles. The lowest BCUT2D eigenvalue weighted by Gasteiger charge is -2.14. The minimum Gasteiger partial charge on any atom is -0.352 e. The molecular formula is C14H19Cl2NO3S. The van der Waals surface area contributed by atoms with E-state index in [0.29, 0.717) is 18.0 Å². The van der Waals surface area contributed by atoms with Gasteiger partial charge in [0.1, 0.15) is 0 Å². The maximum absolute atomic E-state index is 12.1. The molecule has 1 rings (SSSR count). The van der Waals surface area contributed by atoms with E-state index in [1.54, 1.807) is 6.92 Å². The van der Waals surface area contributed by atoms with Crippen LogP contribution in [0.5, 0.6) is 0 Å². The van der Waals surface area contributed by atoms with Crippen LogP contribution in [0.25, 0.3) is 0 Å². The third kappa shape index (κ3) is 4.87. The second kappa shape index (κ2) is 7.47. The standard InChI is InChI=1S/C14H19Cl2NO3S/c1-4-10(5-2)8-17-14(18)11-6-12(15)9(3)13(7-11)21(16,19)20/h6-7,10H,4-5,8H2,1-3H3,(H,17,18). The van der Waals surface area contributed by atoms with Crippen LogP contribution in [0.4, 0.5) is 0 Å². The Kier molecular flexibility index (Phi) is 6.50. The lowest BCUT2D eigenvalue weighted by Crippen LogP contribution is -2.29. The van der Waals surface area contributed by atoms with Gasteiger partial charge in [-0.15, -0.1) is 0 Å². The number of carbonyl (C=O) groups is 1. The van der Waals surface area contributed by atoms with Crippen molar-refractivity contribution in [3.63, 3.8) is 0 Å². The molecule has 1 amide bonds. The summed E-state index contributed by atoms with van der Waals surface area (Å²) in [6, 6.07) is 2.70. The first-order valence-electron chi connectivity index (χ1n) is 6.73. The summed E-state index contributed by atoms with van der Waals surface area (Å²) in [7, 11) is 1.42. The van der Waals surface area contributed by atoms with Crippen LogP contribution < -0.4 is 5.32 Å². The number of hydrogen-bond acceptors (Lipinski definition) is 3. The highest BCUT2D eigenvalue weighted by Gasteiger charge is 2.19. The Morgan fingerprint density at radius 3 is 2.33 bits per heavy atom. The molecule has 0 aliphatic rings. The second-order valence-corrected chi connectivity index (χ2v) is 7.85. The molecule has 0 atom stereocenters. The number of rotatable bonds is 6. The molecule has 0 bridgehead atoms. The maximum Gasteiger partial charge on any atom is 0.261 e. The van der Waals surface area contributed by atoms with Gasteiger partial charge in [-0.05, 0) is 30.5 Å². The van der Waals surface area contributed by atoms with Crippen molar-refractivity contribution in [1.82, 2.24) is 5.32 Å². The Balaban J connectivity index is 3.04. The molecule has 0 heterocycles.